The van der Waals surface area contributed by atoms with E-state index in [1.165, 1.54) is 19.3 Å². The maximum atomic E-state index is 5.98. The smallest absolute Gasteiger partial charge is 0.191 e. The Labute approximate surface area is 115 Å². The van der Waals surface area contributed by atoms with Crippen LogP contribution in [-0.4, -0.2) is 37.1 Å². The number of piperidine rings is 1. The third-order valence-electron chi connectivity index (χ3n) is 3.40. The minimum atomic E-state index is 0.569. The second-order valence-corrected chi connectivity index (χ2v) is 4.90. The van der Waals surface area contributed by atoms with Gasteiger partial charge in [-0.3, -0.25) is 0 Å². The molecule has 1 aromatic rings. The molecule has 0 radical (unpaired) electrons. The van der Waals surface area contributed by atoms with Gasteiger partial charge in [-0.05, 0) is 37.8 Å². The van der Waals surface area contributed by atoms with Crippen molar-refractivity contribution in [1.82, 2.24) is 4.90 Å². The Morgan fingerprint density at radius 3 is 2.74 bits per heavy atom. The minimum absolute atomic E-state index is 0.569. The van der Waals surface area contributed by atoms with Crippen molar-refractivity contribution >= 4 is 5.96 Å². The molecule has 1 aliphatic rings. The van der Waals surface area contributed by atoms with Crippen molar-refractivity contribution in [2.45, 2.75) is 26.2 Å². The van der Waals surface area contributed by atoms with E-state index in [2.05, 4.69) is 9.89 Å². The molecule has 4 nitrogen and oxygen atoms in total. The molecule has 1 aliphatic heterocycles. The van der Waals surface area contributed by atoms with Gasteiger partial charge in [0.15, 0.2) is 5.96 Å². The summed E-state index contributed by atoms with van der Waals surface area (Å²) in [6.07, 6.45) is 3.74. The van der Waals surface area contributed by atoms with E-state index < -0.39 is 0 Å². The van der Waals surface area contributed by atoms with Gasteiger partial charge in [-0.15, -0.1) is 0 Å². The molecule has 0 amide bonds. The Balaban J connectivity index is 1.75. The van der Waals surface area contributed by atoms with Crippen LogP contribution in [0.1, 0.15) is 24.8 Å². The minimum Gasteiger partial charge on any atom is -0.491 e. The van der Waals surface area contributed by atoms with Gasteiger partial charge in [-0.2, -0.15) is 0 Å². The molecule has 2 N–H and O–H groups in total. The Morgan fingerprint density at radius 2 is 2.00 bits per heavy atom. The largest absolute Gasteiger partial charge is 0.491 e. The van der Waals surface area contributed by atoms with Crippen LogP contribution in [0.15, 0.2) is 29.3 Å². The number of guanidine groups is 1. The Bertz CT molecular complexity index is 425. The van der Waals surface area contributed by atoms with Crippen LogP contribution >= 0.6 is 0 Å². The quantitative estimate of drug-likeness (QED) is 0.513. The summed E-state index contributed by atoms with van der Waals surface area (Å²) < 4.78 is 5.69. The monoisotopic (exact) mass is 261 g/mol. The SMILES string of the molecule is Cc1ccccc1OCCN=C(N)N1CCCCC1. The Hall–Kier alpha value is -1.71. The lowest BCUT2D eigenvalue weighted by Crippen LogP contribution is -2.41. The standard InChI is InChI=1S/C15H23N3O/c1-13-7-3-4-8-14(13)19-12-9-17-15(16)18-10-5-2-6-11-18/h3-4,7-8H,2,5-6,9-12H2,1H3,(H2,16,17). The average molecular weight is 261 g/mol. The van der Waals surface area contributed by atoms with Gasteiger partial charge < -0.3 is 15.4 Å². The average Bonchev–Trinajstić information content (AvgIpc) is 2.46. The van der Waals surface area contributed by atoms with Gasteiger partial charge in [0.1, 0.15) is 12.4 Å². The van der Waals surface area contributed by atoms with Crippen molar-refractivity contribution in [3.05, 3.63) is 29.8 Å². The number of hydrogen-bond donors (Lipinski definition) is 1. The van der Waals surface area contributed by atoms with E-state index >= 15 is 0 Å². The second kappa shape index (κ2) is 7.02. The fourth-order valence-corrected chi connectivity index (χ4v) is 2.26. The summed E-state index contributed by atoms with van der Waals surface area (Å²) in [6.45, 7) is 5.29. The van der Waals surface area contributed by atoms with Crippen LogP contribution < -0.4 is 10.5 Å². The number of hydrogen-bond acceptors (Lipinski definition) is 2. The molecule has 0 unspecified atom stereocenters. The molecule has 0 aromatic heterocycles. The fourth-order valence-electron chi connectivity index (χ4n) is 2.26. The number of ether oxygens (including phenoxy) is 1. The van der Waals surface area contributed by atoms with Crippen molar-refractivity contribution in [1.29, 1.82) is 0 Å². The van der Waals surface area contributed by atoms with Gasteiger partial charge in [0, 0.05) is 13.1 Å². The van der Waals surface area contributed by atoms with Gasteiger partial charge in [-0.1, -0.05) is 18.2 Å². The van der Waals surface area contributed by atoms with Crippen LogP contribution in [0.3, 0.4) is 0 Å². The maximum Gasteiger partial charge on any atom is 0.191 e. The molecule has 1 heterocycles. The highest BCUT2D eigenvalue weighted by molar-refractivity contribution is 5.78. The van der Waals surface area contributed by atoms with Crippen LogP contribution in [0.4, 0.5) is 0 Å². The lowest BCUT2D eigenvalue weighted by Gasteiger charge is -2.27. The molecule has 0 spiro atoms. The zero-order valence-electron chi connectivity index (χ0n) is 11.6. The number of likely N-dealkylation sites (tertiary alicyclic amines) is 1. The fraction of sp³-hybridized carbons (Fsp3) is 0.533. The summed E-state index contributed by atoms with van der Waals surface area (Å²) in [6, 6.07) is 8.01. The van der Waals surface area contributed by atoms with E-state index in [1.807, 2.05) is 31.2 Å². The van der Waals surface area contributed by atoms with Crippen LogP contribution in [0, 0.1) is 6.92 Å². The summed E-state index contributed by atoms with van der Waals surface area (Å²) in [5.41, 5.74) is 7.13. The zero-order valence-corrected chi connectivity index (χ0v) is 11.6. The molecule has 2 rings (SSSR count). The first-order chi connectivity index (χ1) is 9.27. The highest BCUT2D eigenvalue weighted by Gasteiger charge is 2.11. The number of nitrogens with zero attached hydrogens (tertiary/aromatic N) is 2. The number of para-hydroxylation sites is 1. The highest BCUT2D eigenvalue weighted by Crippen LogP contribution is 2.15. The van der Waals surface area contributed by atoms with Crippen molar-refractivity contribution in [3.8, 4) is 5.75 Å². The molecule has 0 saturated carbocycles. The summed E-state index contributed by atoms with van der Waals surface area (Å²) in [4.78, 5) is 6.55. The number of rotatable bonds is 4. The molecule has 104 valence electrons. The van der Waals surface area contributed by atoms with Gasteiger partial charge in [0.05, 0.1) is 6.54 Å². The van der Waals surface area contributed by atoms with Crippen LogP contribution in [0.25, 0.3) is 0 Å². The molecule has 0 atom stereocenters. The Morgan fingerprint density at radius 1 is 1.26 bits per heavy atom. The molecule has 0 bridgehead atoms. The number of aryl methyl sites for hydroxylation is 1. The van der Waals surface area contributed by atoms with E-state index in [4.69, 9.17) is 10.5 Å². The van der Waals surface area contributed by atoms with Crippen LogP contribution in [0.5, 0.6) is 5.75 Å². The first kappa shape index (κ1) is 13.7. The molecule has 0 aliphatic carbocycles. The summed E-state index contributed by atoms with van der Waals surface area (Å²) in [7, 11) is 0. The van der Waals surface area contributed by atoms with Gasteiger partial charge in [0.25, 0.3) is 0 Å². The molecule has 1 saturated heterocycles. The molecular weight excluding hydrogens is 238 g/mol. The normalized spacial score (nSPS) is 16.5. The second-order valence-electron chi connectivity index (χ2n) is 4.90. The molecule has 1 fully saturated rings. The third kappa shape index (κ3) is 4.16. The molecular formula is C15H23N3O. The van der Waals surface area contributed by atoms with Crippen molar-refractivity contribution in [2.75, 3.05) is 26.2 Å². The van der Waals surface area contributed by atoms with Gasteiger partial charge in [-0.25, -0.2) is 4.99 Å². The molecule has 19 heavy (non-hydrogen) atoms. The highest BCUT2D eigenvalue weighted by atomic mass is 16.5. The van der Waals surface area contributed by atoms with E-state index in [0.29, 0.717) is 19.1 Å². The topological polar surface area (TPSA) is 50.9 Å². The summed E-state index contributed by atoms with van der Waals surface area (Å²) in [5.74, 6) is 1.59. The molecule has 4 heteroatoms. The lowest BCUT2D eigenvalue weighted by molar-refractivity contribution is 0.319. The number of nitrogens with two attached hydrogens (primary N) is 1. The molecule has 1 aromatic carbocycles. The first-order valence-electron chi connectivity index (χ1n) is 7.00. The Kier molecular flexibility index (Phi) is 5.07. The zero-order chi connectivity index (χ0) is 13.5. The first-order valence-corrected chi connectivity index (χ1v) is 7.00. The number of benzene rings is 1. The van der Waals surface area contributed by atoms with Crippen molar-refractivity contribution in [2.24, 2.45) is 10.7 Å². The summed E-state index contributed by atoms with van der Waals surface area (Å²) in [5, 5.41) is 0. The number of aliphatic imine (C=N–C) groups is 1. The van der Waals surface area contributed by atoms with E-state index in [0.717, 1.165) is 24.4 Å². The van der Waals surface area contributed by atoms with E-state index in [-0.39, 0.29) is 0 Å². The lowest BCUT2D eigenvalue weighted by atomic mass is 10.1. The third-order valence-corrected chi connectivity index (χ3v) is 3.40. The van der Waals surface area contributed by atoms with Gasteiger partial charge in [0.2, 0.25) is 0 Å². The van der Waals surface area contributed by atoms with E-state index in [1.54, 1.807) is 0 Å². The van der Waals surface area contributed by atoms with Crippen LogP contribution in [-0.2, 0) is 0 Å². The van der Waals surface area contributed by atoms with E-state index in [9.17, 15) is 0 Å². The van der Waals surface area contributed by atoms with Gasteiger partial charge >= 0.3 is 0 Å². The van der Waals surface area contributed by atoms with Crippen LogP contribution in [0.2, 0.25) is 0 Å². The maximum absolute atomic E-state index is 5.98. The predicted octanol–water partition coefficient (Wildman–Crippen LogP) is 2.17. The van der Waals surface area contributed by atoms with Crippen molar-refractivity contribution < 1.29 is 4.74 Å². The summed E-state index contributed by atoms with van der Waals surface area (Å²) >= 11 is 0. The van der Waals surface area contributed by atoms with Crippen molar-refractivity contribution in [3.63, 3.8) is 0 Å². The predicted molar refractivity (Wildman–Crippen MR) is 78.6 cm³/mol.